The lowest BCUT2D eigenvalue weighted by Crippen LogP contribution is -2.40. The molecule has 14 heteroatoms. The standard InChI is InChI=1S/C22H36N7O6P/c1-6-9-32-11-15-18(35-36(33-10-7-8-23)29(13(2)3)14(4)5)17(30)21(34-15)28-12-25-16-19(28)26-22(24)27-20(16)31/h12-15,17-18,21,30H,6-7,9-11H2,1-5H3,(H3,24,26,27,31)/t15-,17-,18-,21-,36?/m1/s1. The van der Waals surface area contributed by atoms with Crippen LogP contribution >= 0.6 is 8.53 Å². The summed E-state index contributed by atoms with van der Waals surface area (Å²) in [6, 6.07) is 2.25. The van der Waals surface area contributed by atoms with Gasteiger partial charge in [0.05, 0.1) is 32.0 Å². The molecule has 3 rings (SSSR count). The van der Waals surface area contributed by atoms with Crippen LogP contribution in [0, 0.1) is 11.3 Å². The van der Waals surface area contributed by atoms with Crippen molar-refractivity contribution in [2.24, 2.45) is 0 Å². The fourth-order valence-electron chi connectivity index (χ4n) is 4.09. The van der Waals surface area contributed by atoms with Crippen molar-refractivity contribution in [2.45, 2.75) is 84.1 Å². The number of H-pyrrole nitrogens is 1. The number of nitrogens with one attached hydrogen (secondary N) is 1. The summed E-state index contributed by atoms with van der Waals surface area (Å²) in [7, 11) is -1.65. The topological polar surface area (TPSA) is 174 Å². The zero-order valence-corrected chi connectivity index (χ0v) is 22.2. The van der Waals surface area contributed by atoms with Crippen LogP contribution in [0.4, 0.5) is 5.95 Å². The summed E-state index contributed by atoms with van der Waals surface area (Å²) in [4.78, 5) is 23.0. The van der Waals surface area contributed by atoms with Gasteiger partial charge >= 0.3 is 0 Å². The van der Waals surface area contributed by atoms with Crippen molar-refractivity contribution in [3.8, 4) is 6.07 Å². The highest BCUT2D eigenvalue weighted by molar-refractivity contribution is 7.44. The predicted molar refractivity (Wildman–Crippen MR) is 134 cm³/mol. The van der Waals surface area contributed by atoms with Gasteiger partial charge in [0.15, 0.2) is 17.4 Å². The number of aromatic nitrogens is 4. The molecule has 36 heavy (non-hydrogen) atoms. The predicted octanol–water partition coefficient (Wildman–Crippen LogP) is 2.05. The number of rotatable bonds is 13. The Morgan fingerprint density at radius 2 is 2.08 bits per heavy atom. The average molecular weight is 526 g/mol. The molecule has 0 aromatic carbocycles. The number of nitrogen functional groups attached to an aromatic ring is 1. The van der Waals surface area contributed by atoms with E-state index in [9.17, 15) is 9.90 Å². The molecule has 0 saturated carbocycles. The normalized spacial score (nSPS) is 23.2. The Bertz CT molecular complexity index is 1080. The van der Waals surface area contributed by atoms with Crippen LogP contribution in [0.3, 0.4) is 0 Å². The highest BCUT2D eigenvalue weighted by Gasteiger charge is 2.48. The van der Waals surface area contributed by atoms with Crippen molar-refractivity contribution in [3.05, 3.63) is 16.7 Å². The third-order valence-corrected chi connectivity index (χ3v) is 7.67. The van der Waals surface area contributed by atoms with Crippen molar-refractivity contribution >= 4 is 25.6 Å². The van der Waals surface area contributed by atoms with Crippen LogP contribution < -0.4 is 11.3 Å². The van der Waals surface area contributed by atoms with E-state index in [2.05, 4.69) is 25.7 Å². The number of ether oxygens (including phenoxy) is 2. The molecule has 1 saturated heterocycles. The van der Waals surface area contributed by atoms with Crippen molar-refractivity contribution in [2.75, 3.05) is 25.6 Å². The van der Waals surface area contributed by atoms with Crippen LogP contribution in [0.2, 0.25) is 0 Å². The monoisotopic (exact) mass is 525 g/mol. The molecule has 1 aliphatic heterocycles. The largest absolute Gasteiger partial charge is 0.386 e. The minimum atomic E-state index is -1.65. The first kappa shape index (κ1) is 28.4. The maximum Gasteiger partial charge on any atom is 0.280 e. The van der Waals surface area contributed by atoms with E-state index in [0.717, 1.165) is 6.42 Å². The van der Waals surface area contributed by atoms with E-state index in [0.29, 0.717) is 6.61 Å². The summed E-state index contributed by atoms with van der Waals surface area (Å²) < 4.78 is 28.0. The first-order chi connectivity index (χ1) is 17.2. The van der Waals surface area contributed by atoms with E-state index in [1.165, 1.54) is 10.9 Å². The Morgan fingerprint density at radius 3 is 2.72 bits per heavy atom. The first-order valence-corrected chi connectivity index (χ1v) is 13.2. The van der Waals surface area contributed by atoms with Gasteiger partial charge in [0.1, 0.15) is 18.3 Å². The van der Waals surface area contributed by atoms with Crippen LogP contribution in [0.15, 0.2) is 11.1 Å². The van der Waals surface area contributed by atoms with E-state index < -0.39 is 38.6 Å². The summed E-state index contributed by atoms with van der Waals surface area (Å²) in [5, 5.41) is 20.4. The maximum atomic E-state index is 12.2. The number of hydrogen-bond acceptors (Lipinski definition) is 11. The van der Waals surface area contributed by atoms with Crippen LogP contribution in [-0.4, -0.2) is 79.5 Å². The third-order valence-electron chi connectivity index (χ3n) is 5.54. The summed E-state index contributed by atoms with van der Waals surface area (Å²) in [5.74, 6) is -0.0729. The second kappa shape index (κ2) is 12.9. The molecule has 0 amide bonds. The Kier molecular flexibility index (Phi) is 10.2. The molecule has 1 aliphatic rings. The lowest BCUT2D eigenvalue weighted by molar-refractivity contribution is -0.0643. The molecule has 0 bridgehead atoms. The fourth-order valence-corrected chi connectivity index (χ4v) is 5.86. The highest BCUT2D eigenvalue weighted by Crippen LogP contribution is 2.50. The van der Waals surface area contributed by atoms with E-state index in [1.807, 2.05) is 34.6 Å². The second-order valence-electron chi connectivity index (χ2n) is 9.02. The van der Waals surface area contributed by atoms with Gasteiger partial charge in [0, 0.05) is 18.7 Å². The number of fused-ring (bicyclic) bond motifs is 1. The van der Waals surface area contributed by atoms with Crippen LogP contribution in [0.1, 0.15) is 53.7 Å². The zero-order valence-electron chi connectivity index (χ0n) is 21.3. The molecule has 200 valence electrons. The molecule has 5 atom stereocenters. The molecule has 1 fully saturated rings. The first-order valence-electron chi connectivity index (χ1n) is 12.1. The number of aliphatic hydroxyl groups is 1. The number of nitrogens with zero attached hydrogens (tertiary/aromatic N) is 5. The van der Waals surface area contributed by atoms with Gasteiger partial charge in [-0.3, -0.25) is 14.3 Å². The lowest BCUT2D eigenvalue weighted by atomic mass is 10.1. The van der Waals surface area contributed by atoms with E-state index >= 15 is 0 Å². The van der Waals surface area contributed by atoms with Crippen molar-refractivity contribution in [1.29, 1.82) is 5.26 Å². The SMILES string of the molecule is CCCOC[C@H]1O[C@@H](n2cnc3c(=O)[nH]c(N)nc32)[C@H](O)[C@@H]1OP(OCCC#N)N(C(C)C)C(C)C. The van der Waals surface area contributed by atoms with Crippen molar-refractivity contribution in [3.63, 3.8) is 0 Å². The number of nitriles is 1. The second-order valence-corrected chi connectivity index (χ2v) is 10.4. The molecule has 0 aliphatic carbocycles. The molecule has 0 radical (unpaired) electrons. The van der Waals surface area contributed by atoms with Crippen LogP contribution in [0.25, 0.3) is 11.2 Å². The molecule has 3 heterocycles. The van der Waals surface area contributed by atoms with E-state index in [1.54, 1.807) is 0 Å². The lowest BCUT2D eigenvalue weighted by Gasteiger charge is -2.37. The van der Waals surface area contributed by atoms with Gasteiger partial charge < -0.3 is 29.4 Å². The van der Waals surface area contributed by atoms with Gasteiger partial charge in [0.25, 0.3) is 14.1 Å². The quantitative estimate of drug-likeness (QED) is 0.258. The maximum absolute atomic E-state index is 12.2. The summed E-state index contributed by atoms with van der Waals surface area (Å²) in [6.45, 7) is 11.0. The fraction of sp³-hybridized carbons (Fsp3) is 0.727. The minimum absolute atomic E-state index is 0.0729. The number of anilines is 1. The van der Waals surface area contributed by atoms with Gasteiger partial charge in [-0.2, -0.15) is 10.2 Å². The van der Waals surface area contributed by atoms with Crippen molar-refractivity contribution in [1.82, 2.24) is 24.2 Å². The number of nitrogens with two attached hydrogens (primary N) is 1. The molecular formula is C22H36N7O6P. The Morgan fingerprint density at radius 1 is 1.36 bits per heavy atom. The smallest absolute Gasteiger partial charge is 0.280 e. The molecule has 2 aromatic rings. The van der Waals surface area contributed by atoms with E-state index in [4.69, 9.17) is 29.5 Å². The van der Waals surface area contributed by atoms with Gasteiger partial charge in [0.2, 0.25) is 5.95 Å². The number of aliphatic hydroxyl groups excluding tert-OH is 1. The average Bonchev–Trinajstić information content (AvgIpc) is 3.35. The number of aromatic amines is 1. The third kappa shape index (κ3) is 6.39. The zero-order chi connectivity index (χ0) is 26.4. The molecule has 2 aromatic heterocycles. The van der Waals surface area contributed by atoms with E-state index in [-0.39, 0.29) is 48.8 Å². The summed E-state index contributed by atoms with van der Waals surface area (Å²) in [5.41, 5.74) is 5.52. The van der Waals surface area contributed by atoms with Crippen LogP contribution in [0.5, 0.6) is 0 Å². The van der Waals surface area contributed by atoms with Crippen molar-refractivity contribution < 1.29 is 23.6 Å². The molecule has 4 N–H and O–H groups in total. The highest BCUT2D eigenvalue weighted by atomic mass is 31.2. The van der Waals surface area contributed by atoms with Gasteiger partial charge in [-0.05, 0) is 34.1 Å². The molecule has 1 unspecified atom stereocenters. The molecule has 0 spiro atoms. The Balaban J connectivity index is 1.93. The molecular weight excluding hydrogens is 489 g/mol. The van der Waals surface area contributed by atoms with Gasteiger partial charge in [-0.1, -0.05) is 6.92 Å². The Labute approximate surface area is 211 Å². The van der Waals surface area contributed by atoms with Gasteiger partial charge in [-0.15, -0.1) is 0 Å². The Hall–Kier alpha value is -2.17. The summed E-state index contributed by atoms with van der Waals surface area (Å²) in [6.07, 6.45) is -1.16. The minimum Gasteiger partial charge on any atom is -0.386 e. The van der Waals surface area contributed by atoms with Crippen LogP contribution in [-0.2, 0) is 18.5 Å². The van der Waals surface area contributed by atoms with Gasteiger partial charge in [-0.25, -0.2) is 9.65 Å². The number of hydrogen-bond donors (Lipinski definition) is 3. The summed E-state index contributed by atoms with van der Waals surface area (Å²) >= 11 is 0. The number of imidazole rings is 1. The molecule has 13 nitrogen and oxygen atoms in total.